The first-order valence-electron chi connectivity index (χ1n) is 2.37. The zero-order valence-electron chi connectivity index (χ0n) is 5.60. The summed E-state index contributed by atoms with van der Waals surface area (Å²) in [5.74, 6) is -0.245. The van der Waals surface area contributed by atoms with Gasteiger partial charge in [0.05, 0.1) is 0 Å². The molecule has 0 atom stereocenters. The van der Waals surface area contributed by atoms with Crippen molar-refractivity contribution in [3.05, 3.63) is 0 Å². The molecule has 0 saturated carbocycles. The van der Waals surface area contributed by atoms with Gasteiger partial charge in [-0.15, -0.1) is 0 Å². The zero-order chi connectivity index (χ0) is 6.99. The molecule has 0 saturated heterocycles. The van der Waals surface area contributed by atoms with Crippen molar-refractivity contribution in [2.45, 2.75) is 13.3 Å². The van der Waals surface area contributed by atoms with Crippen LogP contribution in [-0.2, 0) is 9.53 Å². The van der Waals surface area contributed by atoms with Crippen LogP contribution in [0.25, 0.3) is 0 Å². The van der Waals surface area contributed by atoms with Crippen LogP contribution in [0.3, 0.4) is 0 Å². The van der Waals surface area contributed by atoms with E-state index in [1.165, 1.54) is 0 Å². The molecule has 0 aliphatic rings. The Morgan fingerprint density at radius 1 is 1.62 bits per heavy atom. The first-order chi connectivity index (χ1) is 3.68. The van der Waals surface area contributed by atoms with Gasteiger partial charge in [0.2, 0.25) is 5.91 Å². The van der Waals surface area contributed by atoms with Gasteiger partial charge < -0.3 is 10.5 Å². The Morgan fingerprint density at radius 3 is 1.75 bits per heavy atom. The number of carbonyl (C=O) groups excluding carboxylic acids is 1. The van der Waals surface area contributed by atoms with E-state index in [1.807, 2.05) is 0 Å². The summed E-state index contributed by atoms with van der Waals surface area (Å²) in [6, 6.07) is 0. The van der Waals surface area contributed by atoms with E-state index in [0.29, 0.717) is 6.42 Å². The fraction of sp³-hybridized carbons (Fsp3) is 0.800. The maximum atomic E-state index is 9.59. The standard InChI is InChI=1S/C3H7NO.C2H6O/c1-2-3(4)5;1-3-2/h2H2,1H3,(H2,4,5);1-2H3. The average Bonchev–Trinajstić information content (AvgIpc) is 1.69. The third-order valence-corrected chi connectivity index (χ3v) is 0.348. The lowest BCUT2D eigenvalue weighted by atomic mass is 10.5. The maximum Gasteiger partial charge on any atom is 0.217 e. The summed E-state index contributed by atoms with van der Waals surface area (Å²) in [5, 5.41) is 0. The van der Waals surface area contributed by atoms with E-state index < -0.39 is 0 Å². The molecule has 0 bridgehead atoms. The highest BCUT2D eigenvalue weighted by atomic mass is 16.4. The molecule has 0 aliphatic carbocycles. The third kappa shape index (κ3) is 52.1. The van der Waals surface area contributed by atoms with Crippen molar-refractivity contribution in [1.82, 2.24) is 0 Å². The maximum absolute atomic E-state index is 9.59. The van der Waals surface area contributed by atoms with Crippen LogP contribution in [-0.4, -0.2) is 20.1 Å². The lowest BCUT2D eigenvalue weighted by Crippen LogP contribution is -2.06. The smallest absolute Gasteiger partial charge is 0.217 e. The number of primary amides is 1. The minimum absolute atomic E-state index is 0.245. The summed E-state index contributed by atoms with van der Waals surface area (Å²) in [6.45, 7) is 1.72. The SMILES string of the molecule is CCC(N)=O.COC. The average molecular weight is 119 g/mol. The van der Waals surface area contributed by atoms with Crippen LogP contribution in [0.5, 0.6) is 0 Å². The molecule has 0 aliphatic heterocycles. The molecule has 2 N–H and O–H groups in total. The van der Waals surface area contributed by atoms with Crippen molar-refractivity contribution in [3.8, 4) is 0 Å². The van der Waals surface area contributed by atoms with Crippen LogP contribution in [0, 0.1) is 0 Å². The fourth-order valence-electron chi connectivity index (χ4n) is 0. The Morgan fingerprint density at radius 2 is 1.75 bits per heavy atom. The second-order valence-corrected chi connectivity index (χ2v) is 1.23. The van der Waals surface area contributed by atoms with E-state index in [-0.39, 0.29) is 5.91 Å². The van der Waals surface area contributed by atoms with Crippen molar-refractivity contribution in [2.24, 2.45) is 5.73 Å². The first kappa shape index (κ1) is 10.4. The Labute approximate surface area is 49.8 Å². The second kappa shape index (κ2) is 9.66. The predicted octanol–water partition coefficient (Wildman–Crippen LogP) is 0.144. The second-order valence-electron chi connectivity index (χ2n) is 1.23. The van der Waals surface area contributed by atoms with Gasteiger partial charge in [-0.3, -0.25) is 4.79 Å². The summed E-state index contributed by atoms with van der Waals surface area (Å²) in [6.07, 6.45) is 0.444. The number of hydrogen-bond acceptors (Lipinski definition) is 2. The van der Waals surface area contributed by atoms with Crippen molar-refractivity contribution in [1.29, 1.82) is 0 Å². The Hall–Kier alpha value is -0.570. The molecule has 0 heterocycles. The lowest BCUT2D eigenvalue weighted by Gasteiger charge is -1.73. The van der Waals surface area contributed by atoms with E-state index in [4.69, 9.17) is 0 Å². The van der Waals surface area contributed by atoms with Crippen LogP contribution < -0.4 is 5.73 Å². The van der Waals surface area contributed by atoms with E-state index in [0.717, 1.165) is 0 Å². The van der Waals surface area contributed by atoms with E-state index >= 15 is 0 Å². The Bertz CT molecular complexity index is 54.4. The molecular weight excluding hydrogens is 106 g/mol. The van der Waals surface area contributed by atoms with E-state index in [9.17, 15) is 4.79 Å². The summed E-state index contributed by atoms with van der Waals surface area (Å²) in [7, 11) is 3.25. The number of rotatable bonds is 1. The molecule has 8 heavy (non-hydrogen) atoms. The molecule has 0 aromatic rings. The molecular formula is C5H13NO2. The van der Waals surface area contributed by atoms with Crippen LogP contribution in [0.4, 0.5) is 0 Å². The topological polar surface area (TPSA) is 52.3 Å². The highest BCUT2D eigenvalue weighted by molar-refractivity contribution is 5.73. The summed E-state index contributed by atoms with van der Waals surface area (Å²) < 4.78 is 4.25. The van der Waals surface area contributed by atoms with Crippen LogP contribution in [0.15, 0.2) is 0 Å². The molecule has 0 fully saturated rings. The third-order valence-electron chi connectivity index (χ3n) is 0.348. The van der Waals surface area contributed by atoms with Gasteiger partial charge >= 0.3 is 0 Å². The van der Waals surface area contributed by atoms with Gasteiger partial charge in [0.15, 0.2) is 0 Å². The summed E-state index contributed by atoms with van der Waals surface area (Å²) in [5.41, 5.74) is 4.65. The van der Waals surface area contributed by atoms with Gasteiger partial charge in [0.1, 0.15) is 0 Å². The fourth-order valence-corrected chi connectivity index (χ4v) is 0. The Kier molecular flexibility index (Phi) is 12.6. The Balaban J connectivity index is 0. The van der Waals surface area contributed by atoms with Gasteiger partial charge in [-0.05, 0) is 0 Å². The molecule has 0 aromatic carbocycles. The number of hydrogen-bond donors (Lipinski definition) is 1. The van der Waals surface area contributed by atoms with Crippen LogP contribution >= 0.6 is 0 Å². The minimum atomic E-state index is -0.245. The van der Waals surface area contributed by atoms with E-state index in [1.54, 1.807) is 21.1 Å². The lowest BCUT2D eigenvalue weighted by molar-refractivity contribution is -0.117. The van der Waals surface area contributed by atoms with E-state index in [2.05, 4.69) is 10.5 Å². The normalized spacial score (nSPS) is 6.88. The number of carbonyl (C=O) groups is 1. The van der Waals surface area contributed by atoms with Gasteiger partial charge in [0, 0.05) is 20.6 Å². The number of ether oxygens (including phenoxy) is 1. The molecule has 0 spiro atoms. The van der Waals surface area contributed by atoms with Gasteiger partial charge in [-0.1, -0.05) is 6.92 Å². The van der Waals surface area contributed by atoms with Crippen molar-refractivity contribution >= 4 is 5.91 Å². The monoisotopic (exact) mass is 119 g/mol. The first-order valence-corrected chi connectivity index (χ1v) is 2.37. The number of amides is 1. The van der Waals surface area contributed by atoms with Gasteiger partial charge in [0.25, 0.3) is 0 Å². The zero-order valence-corrected chi connectivity index (χ0v) is 5.60. The van der Waals surface area contributed by atoms with Crippen LogP contribution in [0.1, 0.15) is 13.3 Å². The molecule has 1 amide bonds. The number of methoxy groups -OCH3 is 1. The molecule has 0 aromatic heterocycles. The molecule has 3 nitrogen and oxygen atoms in total. The molecule has 0 unspecified atom stereocenters. The van der Waals surface area contributed by atoms with Crippen molar-refractivity contribution < 1.29 is 9.53 Å². The predicted molar refractivity (Wildman–Crippen MR) is 32.4 cm³/mol. The quantitative estimate of drug-likeness (QED) is 0.534. The van der Waals surface area contributed by atoms with Crippen LogP contribution in [0.2, 0.25) is 0 Å². The highest BCUT2D eigenvalue weighted by Gasteiger charge is 1.77. The van der Waals surface area contributed by atoms with Gasteiger partial charge in [-0.25, -0.2) is 0 Å². The molecule has 0 rings (SSSR count). The van der Waals surface area contributed by atoms with Crippen molar-refractivity contribution in [3.63, 3.8) is 0 Å². The summed E-state index contributed by atoms with van der Waals surface area (Å²) in [4.78, 5) is 9.59. The van der Waals surface area contributed by atoms with Gasteiger partial charge in [-0.2, -0.15) is 0 Å². The highest BCUT2D eigenvalue weighted by Crippen LogP contribution is 1.63. The minimum Gasteiger partial charge on any atom is -0.388 e. The molecule has 3 heteroatoms. The molecule has 0 radical (unpaired) electrons. The largest absolute Gasteiger partial charge is 0.388 e. The number of nitrogens with two attached hydrogens (primary N) is 1. The van der Waals surface area contributed by atoms with Crippen molar-refractivity contribution in [2.75, 3.05) is 14.2 Å². The molecule has 50 valence electrons. The summed E-state index contributed by atoms with van der Waals surface area (Å²) >= 11 is 0.